The number of hydrogen-bond donors (Lipinski definition) is 1. The van der Waals surface area contributed by atoms with Crippen LogP contribution in [0, 0.1) is 0 Å². The highest BCUT2D eigenvalue weighted by Crippen LogP contribution is 2.32. The molecule has 1 N–H and O–H groups in total. The van der Waals surface area contributed by atoms with Gasteiger partial charge in [-0.05, 0) is 25.0 Å². The second kappa shape index (κ2) is 7.35. The average Bonchev–Trinajstić information content (AvgIpc) is 3.01. The van der Waals surface area contributed by atoms with Crippen molar-refractivity contribution < 1.29 is 9.53 Å². The van der Waals surface area contributed by atoms with Gasteiger partial charge in [0.25, 0.3) is 0 Å². The molecule has 1 aromatic carbocycles. The molecule has 0 bridgehead atoms. The van der Waals surface area contributed by atoms with Crippen LogP contribution in [0.1, 0.15) is 51.0 Å². The Bertz CT molecular complexity index is 742. The number of benzene rings is 1. The monoisotopic (exact) mass is 371 g/mol. The van der Waals surface area contributed by atoms with E-state index >= 15 is 0 Å². The third kappa shape index (κ3) is 3.47. The van der Waals surface area contributed by atoms with Crippen LogP contribution in [0.2, 0.25) is 0 Å². The molecule has 3 aliphatic rings. The van der Waals surface area contributed by atoms with Crippen LogP contribution >= 0.6 is 12.2 Å². The second-order valence-corrected chi connectivity index (χ2v) is 7.80. The molecule has 2 heterocycles. The molecule has 0 unspecified atom stereocenters. The summed E-state index contributed by atoms with van der Waals surface area (Å²) in [6, 6.07) is 8.55. The van der Waals surface area contributed by atoms with Gasteiger partial charge in [-0.15, -0.1) is 0 Å². The van der Waals surface area contributed by atoms with E-state index < -0.39 is 0 Å². The van der Waals surface area contributed by atoms with E-state index in [9.17, 15) is 4.79 Å². The predicted octanol–water partition coefficient (Wildman–Crippen LogP) is 3.52. The zero-order valence-electron chi connectivity index (χ0n) is 15.1. The van der Waals surface area contributed by atoms with E-state index in [1.807, 2.05) is 18.2 Å². The number of carbonyl (C=O) groups is 1. The Hall–Kier alpha value is -1.95. The quantitative estimate of drug-likeness (QED) is 0.637. The van der Waals surface area contributed by atoms with Gasteiger partial charge in [-0.25, -0.2) is 0 Å². The Morgan fingerprint density at radius 2 is 2.04 bits per heavy atom. The van der Waals surface area contributed by atoms with Gasteiger partial charge in [0.2, 0.25) is 0 Å². The van der Waals surface area contributed by atoms with Crippen molar-refractivity contribution in [1.29, 1.82) is 0 Å². The number of carbonyl (C=O) groups excluding carboxylic acids is 1. The number of hydrogen-bond acceptors (Lipinski definition) is 4. The molecule has 0 aromatic heterocycles. The zero-order chi connectivity index (χ0) is 18.1. The smallest absolute Gasteiger partial charge is 0.302 e. The van der Waals surface area contributed by atoms with E-state index in [-0.39, 0.29) is 18.1 Å². The summed E-state index contributed by atoms with van der Waals surface area (Å²) in [6.07, 6.45) is 6.70. The first-order chi connectivity index (χ1) is 12.6. The molecule has 0 radical (unpaired) electrons. The molecular weight excluding hydrogens is 346 g/mol. The van der Waals surface area contributed by atoms with Gasteiger partial charge in [-0.3, -0.25) is 9.79 Å². The number of thiocarbonyl (C=S) groups is 1. The van der Waals surface area contributed by atoms with Crippen molar-refractivity contribution in [2.45, 2.75) is 63.6 Å². The first-order valence-electron chi connectivity index (χ1n) is 9.54. The molecule has 5 nitrogen and oxygen atoms in total. The number of para-hydroxylation sites is 1. The van der Waals surface area contributed by atoms with Crippen molar-refractivity contribution in [2.75, 3.05) is 11.9 Å². The molecule has 138 valence electrons. The summed E-state index contributed by atoms with van der Waals surface area (Å²) in [5, 5.41) is 3.56. The van der Waals surface area contributed by atoms with Crippen molar-refractivity contribution in [3.8, 4) is 0 Å². The van der Waals surface area contributed by atoms with E-state index in [0.29, 0.717) is 12.6 Å². The fourth-order valence-corrected chi connectivity index (χ4v) is 4.66. The van der Waals surface area contributed by atoms with Crippen LogP contribution < -0.4 is 5.32 Å². The molecule has 1 aliphatic carbocycles. The molecule has 4 rings (SSSR count). The molecular formula is C20H25N3O2S. The van der Waals surface area contributed by atoms with Crippen LogP contribution in [0.4, 0.5) is 5.69 Å². The maximum absolute atomic E-state index is 11.4. The lowest BCUT2D eigenvalue weighted by Gasteiger charge is -2.26. The van der Waals surface area contributed by atoms with Crippen molar-refractivity contribution >= 4 is 34.7 Å². The fraction of sp³-hybridized carbons (Fsp3) is 0.550. The Kier molecular flexibility index (Phi) is 4.94. The van der Waals surface area contributed by atoms with Crippen LogP contribution in [0.5, 0.6) is 0 Å². The van der Waals surface area contributed by atoms with E-state index in [4.69, 9.17) is 21.9 Å². The van der Waals surface area contributed by atoms with Gasteiger partial charge in [0.15, 0.2) is 0 Å². The number of ether oxygens (including phenoxy) is 1. The minimum Gasteiger partial charge on any atom is -0.461 e. The number of esters is 1. The van der Waals surface area contributed by atoms with Crippen LogP contribution in [-0.2, 0) is 9.53 Å². The molecule has 0 amide bonds. The Labute approximate surface area is 159 Å². The number of amidine groups is 1. The zero-order valence-corrected chi connectivity index (χ0v) is 15.9. The van der Waals surface area contributed by atoms with Crippen molar-refractivity contribution in [1.82, 2.24) is 4.90 Å². The number of rotatable bonds is 2. The third-order valence-electron chi connectivity index (χ3n) is 5.49. The van der Waals surface area contributed by atoms with E-state index in [1.165, 1.54) is 26.2 Å². The predicted molar refractivity (Wildman–Crippen MR) is 107 cm³/mol. The van der Waals surface area contributed by atoms with Crippen LogP contribution in [-0.4, -0.2) is 46.4 Å². The highest BCUT2D eigenvalue weighted by molar-refractivity contribution is 7.80. The molecule has 26 heavy (non-hydrogen) atoms. The van der Waals surface area contributed by atoms with Gasteiger partial charge >= 0.3 is 5.97 Å². The summed E-state index contributed by atoms with van der Waals surface area (Å²) in [6.45, 7) is 2.09. The number of anilines is 1. The van der Waals surface area contributed by atoms with Gasteiger partial charge in [-0.2, -0.15) is 0 Å². The summed E-state index contributed by atoms with van der Waals surface area (Å²) < 4.78 is 5.50. The summed E-state index contributed by atoms with van der Waals surface area (Å²) in [5.74, 6) is 0.733. The van der Waals surface area contributed by atoms with Crippen molar-refractivity contribution in [3.63, 3.8) is 0 Å². The van der Waals surface area contributed by atoms with E-state index in [2.05, 4.69) is 16.3 Å². The van der Waals surface area contributed by atoms with Gasteiger partial charge in [0.05, 0.1) is 18.6 Å². The number of nitrogens with zero attached hydrogens (tertiary/aromatic N) is 2. The summed E-state index contributed by atoms with van der Waals surface area (Å²) in [4.78, 5) is 19.5. The molecule has 6 heteroatoms. The van der Waals surface area contributed by atoms with E-state index in [1.54, 1.807) is 0 Å². The Morgan fingerprint density at radius 1 is 1.27 bits per heavy atom. The van der Waals surface area contributed by atoms with Gasteiger partial charge in [-0.1, -0.05) is 43.6 Å². The van der Waals surface area contributed by atoms with Gasteiger partial charge < -0.3 is 15.0 Å². The maximum atomic E-state index is 11.4. The minimum absolute atomic E-state index is 0.0428. The minimum atomic E-state index is -0.238. The fourth-order valence-electron chi connectivity index (χ4n) is 4.28. The normalized spacial score (nSPS) is 27.5. The molecule has 2 fully saturated rings. The van der Waals surface area contributed by atoms with Crippen molar-refractivity contribution in [3.05, 3.63) is 29.8 Å². The first kappa shape index (κ1) is 17.5. The van der Waals surface area contributed by atoms with Crippen molar-refractivity contribution in [2.24, 2.45) is 4.99 Å². The van der Waals surface area contributed by atoms with Gasteiger partial charge in [0, 0.05) is 24.6 Å². The highest BCUT2D eigenvalue weighted by atomic mass is 32.1. The molecule has 1 aromatic rings. The number of nitrogens with one attached hydrogen (secondary N) is 1. The SMILES string of the molecule is CC(=O)O[C@@H]1C[C@H]2C(=NC3CCCCC3)Nc3ccccc3C(=S)N2C1. The largest absolute Gasteiger partial charge is 0.461 e. The first-order valence-corrected chi connectivity index (χ1v) is 9.94. The molecule has 0 spiro atoms. The summed E-state index contributed by atoms with van der Waals surface area (Å²) in [7, 11) is 0. The molecule has 1 saturated heterocycles. The topological polar surface area (TPSA) is 53.9 Å². The standard InChI is InChI=1S/C20H25N3O2S/c1-13(24)25-15-11-18-19(21-14-7-3-2-4-8-14)22-17-10-6-5-9-16(17)20(26)23(18)12-15/h5-6,9-10,14-15,18H,2-4,7-8,11-12H2,1H3,(H,21,22)/t15-,18+/m1/s1. The molecule has 1 saturated carbocycles. The average molecular weight is 372 g/mol. The number of aliphatic imine (C=N–C) groups is 1. The maximum Gasteiger partial charge on any atom is 0.302 e. The van der Waals surface area contributed by atoms with Crippen LogP contribution in [0.15, 0.2) is 29.3 Å². The third-order valence-corrected chi connectivity index (χ3v) is 5.94. The second-order valence-electron chi connectivity index (χ2n) is 7.42. The van der Waals surface area contributed by atoms with Crippen LogP contribution in [0.25, 0.3) is 0 Å². The lowest BCUT2D eigenvalue weighted by Crippen LogP contribution is -2.41. The number of fused-ring (bicyclic) bond motifs is 2. The lowest BCUT2D eigenvalue weighted by molar-refractivity contribution is -0.145. The Balaban J connectivity index is 1.68. The summed E-state index contributed by atoms with van der Waals surface area (Å²) >= 11 is 5.80. The summed E-state index contributed by atoms with van der Waals surface area (Å²) in [5.41, 5.74) is 2.04. The van der Waals surface area contributed by atoms with Crippen LogP contribution in [0.3, 0.4) is 0 Å². The van der Waals surface area contributed by atoms with E-state index in [0.717, 1.165) is 41.3 Å². The Morgan fingerprint density at radius 3 is 2.81 bits per heavy atom. The highest BCUT2D eigenvalue weighted by Gasteiger charge is 2.41. The molecule has 2 atom stereocenters. The lowest BCUT2D eigenvalue weighted by atomic mass is 9.96. The van der Waals surface area contributed by atoms with Gasteiger partial charge in [0.1, 0.15) is 16.9 Å². The molecule has 2 aliphatic heterocycles.